The van der Waals surface area contributed by atoms with Crippen LogP contribution in [0.5, 0.6) is 0 Å². The van der Waals surface area contributed by atoms with Crippen LogP contribution in [0.15, 0.2) is 36.7 Å². The zero-order valence-electron chi connectivity index (χ0n) is 23.8. The Morgan fingerprint density at radius 3 is 2.65 bits per heavy atom. The van der Waals surface area contributed by atoms with Gasteiger partial charge in [-0.15, -0.1) is 0 Å². The van der Waals surface area contributed by atoms with E-state index in [9.17, 15) is 17.9 Å². The first-order valence-electron chi connectivity index (χ1n) is 13.9. The zero-order valence-corrected chi connectivity index (χ0v) is 24.6. The van der Waals surface area contributed by atoms with Crippen LogP contribution in [0.1, 0.15) is 52.0 Å². The Bertz CT molecular complexity index is 1500. The third kappa shape index (κ3) is 6.15. The highest BCUT2D eigenvalue weighted by Gasteiger charge is 2.38. The number of sulfone groups is 1. The van der Waals surface area contributed by atoms with Crippen molar-refractivity contribution in [1.82, 2.24) is 15.0 Å². The monoisotopic (exact) mass is 570 g/mol. The molecule has 2 aromatic heterocycles. The summed E-state index contributed by atoms with van der Waals surface area (Å²) in [7, 11) is -3.03. The van der Waals surface area contributed by atoms with E-state index in [1.165, 1.54) is 11.8 Å². The lowest BCUT2D eigenvalue weighted by Gasteiger charge is -2.48. The van der Waals surface area contributed by atoms with Gasteiger partial charge in [-0.05, 0) is 55.3 Å². The summed E-state index contributed by atoms with van der Waals surface area (Å²) < 4.78 is 38.2. The van der Waals surface area contributed by atoms with Crippen LogP contribution in [0.2, 0.25) is 0 Å². The molecule has 0 radical (unpaired) electrons. The second kappa shape index (κ2) is 10.7. The standard InChI is InChI=1S/C29H39FN6O3S/c1-18(2)22-6-7-25(36-15-20(19(36)3)17-40(5,38)39)24-14-32-27(12-23(22)24)33-26-8-10-31-28(34-26)35-11-9-29(4,37)13-21(30)16-35/h6-8,10,12,14,18-21,37H,9,11,13,15-17H2,1-5H3,(H,31,32,33,34)/t19-,20-,21+,29+/m1/s1. The maximum atomic E-state index is 14.5. The molecular formula is C29H39FN6O3S. The first kappa shape index (κ1) is 28.5. The number of aliphatic hydroxyl groups is 1. The average molecular weight is 571 g/mol. The molecule has 2 aliphatic heterocycles. The number of alkyl halides is 1. The summed E-state index contributed by atoms with van der Waals surface area (Å²) in [6.07, 6.45) is 4.16. The molecule has 216 valence electrons. The summed E-state index contributed by atoms with van der Waals surface area (Å²) in [4.78, 5) is 17.7. The Morgan fingerprint density at radius 1 is 1.18 bits per heavy atom. The van der Waals surface area contributed by atoms with Crippen molar-refractivity contribution in [2.75, 3.05) is 46.8 Å². The quantitative estimate of drug-likeness (QED) is 0.426. The van der Waals surface area contributed by atoms with Crippen molar-refractivity contribution < 1.29 is 17.9 Å². The summed E-state index contributed by atoms with van der Waals surface area (Å²) in [6.45, 7) is 9.35. The number of anilines is 4. The molecule has 4 atom stereocenters. The number of fused-ring (bicyclic) bond motifs is 1. The van der Waals surface area contributed by atoms with Crippen molar-refractivity contribution in [2.24, 2.45) is 5.92 Å². The zero-order chi connectivity index (χ0) is 28.8. The second-order valence-corrected chi connectivity index (χ2v) is 14.2. The fraction of sp³-hybridized carbons (Fsp3) is 0.552. The molecule has 11 heteroatoms. The van der Waals surface area contributed by atoms with Crippen LogP contribution >= 0.6 is 0 Å². The third-order valence-corrected chi connectivity index (χ3v) is 9.18. The largest absolute Gasteiger partial charge is 0.390 e. The van der Waals surface area contributed by atoms with Gasteiger partial charge in [0.05, 0.1) is 17.9 Å². The highest BCUT2D eigenvalue weighted by molar-refractivity contribution is 7.90. The van der Waals surface area contributed by atoms with Crippen molar-refractivity contribution in [2.45, 2.75) is 64.3 Å². The summed E-state index contributed by atoms with van der Waals surface area (Å²) in [5.74, 6) is 2.18. The lowest BCUT2D eigenvalue weighted by Crippen LogP contribution is -2.57. The highest BCUT2D eigenvalue weighted by atomic mass is 32.2. The fourth-order valence-corrected chi connectivity index (χ4v) is 7.05. The molecule has 0 aliphatic carbocycles. The van der Waals surface area contributed by atoms with Gasteiger partial charge < -0.3 is 20.2 Å². The van der Waals surface area contributed by atoms with E-state index in [0.29, 0.717) is 37.1 Å². The van der Waals surface area contributed by atoms with Crippen molar-refractivity contribution in [3.8, 4) is 0 Å². The second-order valence-electron chi connectivity index (χ2n) is 12.1. The smallest absolute Gasteiger partial charge is 0.227 e. The molecule has 5 rings (SSSR count). The van der Waals surface area contributed by atoms with Crippen molar-refractivity contribution in [3.05, 3.63) is 42.2 Å². The van der Waals surface area contributed by atoms with Gasteiger partial charge in [0.1, 0.15) is 27.6 Å². The lowest BCUT2D eigenvalue weighted by atomic mass is 9.88. The average Bonchev–Trinajstić information content (AvgIpc) is 3.01. The molecule has 1 aromatic carbocycles. The minimum atomic E-state index is -3.03. The van der Waals surface area contributed by atoms with Crippen LogP contribution in [0.3, 0.4) is 0 Å². The van der Waals surface area contributed by atoms with Gasteiger partial charge in [-0.25, -0.2) is 22.8 Å². The van der Waals surface area contributed by atoms with Gasteiger partial charge >= 0.3 is 0 Å². The van der Waals surface area contributed by atoms with Crippen LogP contribution in [0, 0.1) is 5.92 Å². The molecule has 2 fully saturated rings. The normalized spacial score (nSPS) is 25.6. The fourth-order valence-electron chi connectivity index (χ4n) is 5.89. The van der Waals surface area contributed by atoms with Gasteiger partial charge in [-0.1, -0.05) is 19.9 Å². The summed E-state index contributed by atoms with van der Waals surface area (Å²) in [5.41, 5.74) is 1.20. The van der Waals surface area contributed by atoms with Gasteiger partial charge in [0.25, 0.3) is 0 Å². The van der Waals surface area contributed by atoms with Crippen molar-refractivity contribution >= 4 is 43.9 Å². The Morgan fingerprint density at radius 2 is 1.95 bits per heavy atom. The van der Waals surface area contributed by atoms with E-state index in [4.69, 9.17) is 4.98 Å². The minimum absolute atomic E-state index is 0.0944. The summed E-state index contributed by atoms with van der Waals surface area (Å²) in [5, 5.41) is 15.8. The Kier molecular flexibility index (Phi) is 7.64. The molecule has 3 aromatic rings. The van der Waals surface area contributed by atoms with E-state index in [2.05, 4.69) is 53.1 Å². The van der Waals surface area contributed by atoms with E-state index in [-0.39, 0.29) is 36.6 Å². The van der Waals surface area contributed by atoms with Gasteiger partial charge in [0.15, 0.2) is 0 Å². The molecule has 0 unspecified atom stereocenters. The van der Waals surface area contributed by atoms with E-state index in [1.54, 1.807) is 24.1 Å². The molecule has 4 heterocycles. The van der Waals surface area contributed by atoms with Crippen molar-refractivity contribution in [3.63, 3.8) is 0 Å². The number of hydrogen-bond acceptors (Lipinski definition) is 9. The Balaban J connectivity index is 1.41. The Hall–Kier alpha value is -3.05. The molecule has 0 amide bonds. The van der Waals surface area contributed by atoms with E-state index in [0.717, 1.165) is 16.5 Å². The minimum Gasteiger partial charge on any atom is -0.390 e. The molecule has 40 heavy (non-hydrogen) atoms. The van der Waals surface area contributed by atoms with Gasteiger partial charge in [0, 0.05) is 61.2 Å². The van der Waals surface area contributed by atoms with Gasteiger partial charge in [0.2, 0.25) is 5.95 Å². The van der Waals surface area contributed by atoms with E-state index < -0.39 is 21.6 Å². The van der Waals surface area contributed by atoms with Crippen molar-refractivity contribution in [1.29, 1.82) is 0 Å². The summed E-state index contributed by atoms with van der Waals surface area (Å²) >= 11 is 0. The number of halogens is 1. The molecule has 2 saturated heterocycles. The molecule has 9 nitrogen and oxygen atoms in total. The summed E-state index contributed by atoms with van der Waals surface area (Å²) in [6, 6.07) is 8.15. The van der Waals surface area contributed by atoms with E-state index in [1.807, 2.05) is 12.3 Å². The molecule has 0 bridgehead atoms. The number of hydrogen-bond donors (Lipinski definition) is 2. The van der Waals surface area contributed by atoms with E-state index >= 15 is 0 Å². The van der Waals surface area contributed by atoms with Crippen LogP contribution in [0.4, 0.5) is 27.7 Å². The predicted molar refractivity (Wildman–Crippen MR) is 158 cm³/mol. The first-order valence-corrected chi connectivity index (χ1v) is 15.9. The molecule has 2 aliphatic rings. The lowest BCUT2D eigenvalue weighted by molar-refractivity contribution is 0.0298. The predicted octanol–water partition coefficient (Wildman–Crippen LogP) is 4.45. The Labute approximate surface area is 235 Å². The molecular weight excluding hydrogens is 531 g/mol. The van der Waals surface area contributed by atoms with Gasteiger partial charge in [-0.3, -0.25) is 0 Å². The first-order chi connectivity index (χ1) is 18.8. The number of nitrogens with zero attached hydrogens (tertiary/aromatic N) is 5. The number of benzene rings is 1. The number of aromatic nitrogens is 3. The highest BCUT2D eigenvalue weighted by Crippen LogP contribution is 2.39. The van der Waals surface area contributed by atoms with Gasteiger partial charge in [-0.2, -0.15) is 4.98 Å². The molecule has 0 saturated carbocycles. The SMILES string of the molecule is CC(C)c1ccc(N2C[C@H](CS(C)(=O)=O)[C@H]2C)c2cnc(Nc3ccnc(N4CC[C@](C)(O)C[C@H](F)C4)n3)cc12. The number of rotatable bonds is 7. The molecule has 2 N–H and O–H groups in total. The van der Waals surface area contributed by atoms with Crippen LogP contribution in [0.25, 0.3) is 10.8 Å². The van der Waals surface area contributed by atoms with Crippen LogP contribution < -0.4 is 15.1 Å². The molecule has 0 spiro atoms. The maximum Gasteiger partial charge on any atom is 0.227 e. The number of pyridine rings is 1. The maximum absolute atomic E-state index is 14.5. The topological polar surface area (TPSA) is 112 Å². The van der Waals surface area contributed by atoms with Crippen LogP contribution in [-0.4, -0.2) is 77.9 Å². The number of nitrogens with one attached hydrogen (secondary N) is 1. The third-order valence-electron chi connectivity index (χ3n) is 8.15. The van der Waals surface area contributed by atoms with Crippen LogP contribution in [-0.2, 0) is 9.84 Å².